The third-order valence-electron chi connectivity index (χ3n) is 5.08. The molecule has 1 unspecified atom stereocenters. The van der Waals surface area contributed by atoms with Crippen LogP contribution in [-0.4, -0.2) is 11.1 Å². The molecule has 0 fully saturated rings. The van der Waals surface area contributed by atoms with E-state index in [-0.39, 0.29) is 6.42 Å². The topological polar surface area (TPSA) is 46.5 Å². The Bertz CT molecular complexity index is 827. The third kappa shape index (κ3) is 4.10. The zero-order valence-electron chi connectivity index (χ0n) is 15.0. The van der Waals surface area contributed by atoms with E-state index in [1.165, 1.54) is 5.56 Å². The van der Waals surface area contributed by atoms with E-state index < -0.39 is 5.97 Å². The van der Waals surface area contributed by atoms with Gasteiger partial charge in [0.1, 0.15) is 5.75 Å². The fraction of sp³-hybridized carbons (Fsp3) is 0.318. The van der Waals surface area contributed by atoms with Gasteiger partial charge in [0.25, 0.3) is 0 Å². The summed E-state index contributed by atoms with van der Waals surface area (Å²) in [6, 6.07) is 13.5. The van der Waals surface area contributed by atoms with Crippen molar-refractivity contribution in [2.75, 3.05) is 0 Å². The van der Waals surface area contributed by atoms with Crippen LogP contribution in [-0.2, 0) is 4.79 Å². The highest BCUT2D eigenvalue weighted by molar-refractivity contribution is 6.32. The molecule has 0 saturated heterocycles. The first-order valence-corrected chi connectivity index (χ1v) is 9.30. The SMILES string of the molecule is CC1CC(CCC(=O)O)=Cc2c(ccc(Cl)c2Oc2ccccc2)[C@H]1C. The number of hydrogen-bond donors (Lipinski definition) is 1. The molecule has 1 aliphatic rings. The Balaban J connectivity index is 2.06. The molecule has 0 amide bonds. The average molecular weight is 371 g/mol. The van der Waals surface area contributed by atoms with Crippen molar-refractivity contribution < 1.29 is 14.6 Å². The van der Waals surface area contributed by atoms with Crippen LogP contribution in [0.1, 0.15) is 50.2 Å². The molecule has 2 aromatic rings. The quantitative estimate of drug-likeness (QED) is 0.651. The van der Waals surface area contributed by atoms with Crippen LogP contribution in [0.4, 0.5) is 0 Å². The van der Waals surface area contributed by atoms with Gasteiger partial charge in [-0.2, -0.15) is 0 Å². The maximum absolute atomic E-state index is 11.0. The first-order valence-electron chi connectivity index (χ1n) is 8.92. The van der Waals surface area contributed by atoms with Crippen molar-refractivity contribution in [3.63, 3.8) is 0 Å². The van der Waals surface area contributed by atoms with Gasteiger partial charge < -0.3 is 9.84 Å². The van der Waals surface area contributed by atoms with Crippen molar-refractivity contribution in [1.82, 2.24) is 0 Å². The lowest BCUT2D eigenvalue weighted by atomic mass is 9.85. The first kappa shape index (κ1) is 18.5. The van der Waals surface area contributed by atoms with Gasteiger partial charge in [-0.1, -0.05) is 61.4 Å². The lowest BCUT2D eigenvalue weighted by molar-refractivity contribution is -0.136. The van der Waals surface area contributed by atoms with Crippen LogP contribution in [0.2, 0.25) is 5.02 Å². The fourth-order valence-electron chi connectivity index (χ4n) is 3.45. The van der Waals surface area contributed by atoms with Crippen LogP contribution in [0, 0.1) is 5.92 Å². The number of ether oxygens (including phenoxy) is 1. The molecule has 1 aliphatic carbocycles. The average Bonchev–Trinajstić information content (AvgIpc) is 2.74. The molecule has 2 aromatic carbocycles. The van der Waals surface area contributed by atoms with Crippen LogP contribution in [0.5, 0.6) is 11.5 Å². The molecule has 0 aliphatic heterocycles. The number of carboxylic acids is 1. The lowest BCUT2D eigenvalue weighted by Gasteiger charge is -2.21. The summed E-state index contributed by atoms with van der Waals surface area (Å²) in [6.45, 7) is 4.42. The normalized spacial score (nSPS) is 19.3. The predicted molar refractivity (Wildman–Crippen MR) is 105 cm³/mol. The number of halogens is 1. The second kappa shape index (κ2) is 7.96. The third-order valence-corrected chi connectivity index (χ3v) is 5.38. The number of aliphatic carboxylic acids is 1. The van der Waals surface area contributed by atoms with E-state index >= 15 is 0 Å². The van der Waals surface area contributed by atoms with Crippen LogP contribution in [0.25, 0.3) is 6.08 Å². The molecule has 136 valence electrons. The Morgan fingerprint density at radius 3 is 2.62 bits per heavy atom. The zero-order valence-corrected chi connectivity index (χ0v) is 15.8. The summed E-state index contributed by atoms with van der Waals surface area (Å²) < 4.78 is 6.13. The van der Waals surface area contributed by atoms with Crippen molar-refractivity contribution in [2.24, 2.45) is 5.92 Å². The number of allylic oxidation sites excluding steroid dienone is 1. The molecular weight excluding hydrogens is 348 g/mol. The highest BCUT2D eigenvalue weighted by atomic mass is 35.5. The summed E-state index contributed by atoms with van der Waals surface area (Å²) >= 11 is 6.48. The van der Waals surface area contributed by atoms with Crippen molar-refractivity contribution in [3.8, 4) is 11.5 Å². The summed E-state index contributed by atoms with van der Waals surface area (Å²) in [6.07, 6.45) is 3.65. The van der Waals surface area contributed by atoms with E-state index in [0.29, 0.717) is 29.0 Å². The number of carbonyl (C=O) groups is 1. The molecule has 1 N–H and O–H groups in total. The van der Waals surface area contributed by atoms with E-state index in [2.05, 4.69) is 26.0 Å². The van der Waals surface area contributed by atoms with Gasteiger partial charge in [-0.15, -0.1) is 0 Å². The van der Waals surface area contributed by atoms with E-state index in [4.69, 9.17) is 21.4 Å². The molecule has 4 heteroatoms. The molecule has 0 saturated carbocycles. The molecule has 0 heterocycles. The molecule has 2 atom stereocenters. The highest BCUT2D eigenvalue weighted by Gasteiger charge is 2.25. The monoisotopic (exact) mass is 370 g/mol. The van der Waals surface area contributed by atoms with Gasteiger partial charge in [0, 0.05) is 12.0 Å². The van der Waals surface area contributed by atoms with Gasteiger partial charge in [-0.25, -0.2) is 0 Å². The second-order valence-electron chi connectivity index (χ2n) is 6.96. The summed E-state index contributed by atoms with van der Waals surface area (Å²) in [5, 5.41) is 9.61. The van der Waals surface area contributed by atoms with Gasteiger partial charge in [0.2, 0.25) is 0 Å². The lowest BCUT2D eigenvalue weighted by Crippen LogP contribution is -2.07. The number of fused-ring (bicyclic) bond motifs is 1. The molecule has 0 aromatic heterocycles. The molecule has 3 nitrogen and oxygen atoms in total. The zero-order chi connectivity index (χ0) is 18.7. The number of benzene rings is 2. The number of rotatable bonds is 5. The Morgan fingerprint density at radius 2 is 1.92 bits per heavy atom. The number of carboxylic acid groups (broad SMARTS) is 1. The van der Waals surface area contributed by atoms with Crippen molar-refractivity contribution in [1.29, 1.82) is 0 Å². The van der Waals surface area contributed by atoms with Gasteiger partial charge in [-0.05, 0) is 48.4 Å². The van der Waals surface area contributed by atoms with Crippen LogP contribution >= 0.6 is 11.6 Å². The maximum Gasteiger partial charge on any atom is 0.303 e. The summed E-state index contributed by atoms with van der Waals surface area (Å²) in [4.78, 5) is 11.0. The minimum Gasteiger partial charge on any atom is -0.481 e. The fourth-order valence-corrected chi connectivity index (χ4v) is 3.65. The second-order valence-corrected chi connectivity index (χ2v) is 7.37. The largest absolute Gasteiger partial charge is 0.481 e. The smallest absolute Gasteiger partial charge is 0.303 e. The van der Waals surface area contributed by atoms with Crippen LogP contribution in [0.15, 0.2) is 48.0 Å². The van der Waals surface area contributed by atoms with Crippen molar-refractivity contribution >= 4 is 23.6 Å². The maximum atomic E-state index is 11.0. The van der Waals surface area contributed by atoms with Gasteiger partial charge >= 0.3 is 5.97 Å². The number of para-hydroxylation sites is 1. The Labute approximate surface area is 159 Å². The van der Waals surface area contributed by atoms with E-state index in [1.807, 2.05) is 36.4 Å². The Kier molecular flexibility index (Phi) is 5.67. The standard InChI is InChI=1S/C22H23ClO3/c1-14-12-16(8-11-21(24)25)13-19-18(15(14)2)9-10-20(23)22(19)26-17-6-4-3-5-7-17/h3-7,9-10,13-15H,8,11-12H2,1-2H3,(H,24,25)/t14?,15-/m0/s1. The first-order chi connectivity index (χ1) is 12.5. The van der Waals surface area contributed by atoms with Crippen molar-refractivity contribution in [3.05, 3.63) is 64.2 Å². The molecule has 3 rings (SSSR count). The van der Waals surface area contributed by atoms with E-state index in [0.717, 1.165) is 23.3 Å². The molecule has 0 spiro atoms. The molecule has 26 heavy (non-hydrogen) atoms. The van der Waals surface area contributed by atoms with Gasteiger partial charge in [0.15, 0.2) is 5.75 Å². The Morgan fingerprint density at radius 1 is 1.19 bits per heavy atom. The van der Waals surface area contributed by atoms with Gasteiger partial charge in [0.05, 0.1) is 5.02 Å². The summed E-state index contributed by atoms with van der Waals surface area (Å²) in [7, 11) is 0. The van der Waals surface area contributed by atoms with Crippen molar-refractivity contribution in [2.45, 2.75) is 39.0 Å². The summed E-state index contributed by atoms with van der Waals surface area (Å²) in [5.41, 5.74) is 3.29. The van der Waals surface area contributed by atoms with Gasteiger partial charge in [-0.3, -0.25) is 4.79 Å². The molecular formula is C22H23ClO3. The highest BCUT2D eigenvalue weighted by Crippen LogP contribution is 2.44. The number of hydrogen-bond acceptors (Lipinski definition) is 2. The summed E-state index contributed by atoms with van der Waals surface area (Å²) in [5.74, 6) is 1.35. The minimum atomic E-state index is -0.775. The predicted octanol–water partition coefficient (Wildman–Crippen LogP) is 6.52. The molecule has 0 radical (unpaired) electrons. The van der Waals surface area contributed by atoms with Crippen LogP contribution in [0.3, 0.4) is 0 Å². The minimum absolute atomic E-state index is 0.137. The van der Waals surface area contributed by atoms with Crippen LogP contribution < -0.4 is 4.74 Å². The molecule has 0 bridgehead atoms. The van der Waals surface area contributed by atoms with E-state index in [9.17, 15) is 4.79 Å². The Hall–Kier alpha value is -2.26. The van der Waals surface area contributed by atoms with E-state index in [1.54, 1.807) is 0 Å².